The predicted molar refractivity (Wildman–Crippen MR) is 518 cm³/mol. The van der Waals surface area contributed by atoms with Crippen molar-refractivity contribution in [3.8, 4) is 5.75 Å². The van der Waals surface area contributed by atoms with Crippen molar-refractivity contribution in [1.82, 2.24) is 39.8 Å². The molecule has 0 bridgehead atoms. The number of nitrogens with one attached hydrogen (secondary N) is 1. The molecule has 0 radical (unpaired) electrons. The third-order valence-corrected chi connectivity index (χ3v) is 25.8. The number of rotatable bonds is 19. The number of aromatic nitrogens is 2. The molecule has 8 heterocycles. The number of likely N-dealkylation sites (N-methyl/N-ethyl adjacent to an activating group) is 3. The number of anilines is 1. The maximum atomic E-state index is 14.5. The lowest BCUT2D eigenvalue weighted by atomic mass is 9.73. The van der Waals surface area contributed by atoms with Crippen LogP contribution in [-0.4, -0.2) is 167 Å². The maximum Gasteiger partial charge on any atom is 0.573 e. The number of hydrogen-bond acceptors (Lipinski definition) is 21. The Balaban J connectivity index is 0.000000162. The van der Waals surface area contributed by atoms with E-state index in [2.05, 4.69) is 83.9 Å². The van der Waals surface area contributed by atoms with Crippen molar-refractivity contribution < 1.29 is 95.3 Å². The van der Waals surface area contributed by atoms with Gasteiger partial charge < -0.3 is 48.4 Å². The first-order chi connectivity index (χ1) is 67.7. The molecule has 0 saturated carbocycles. The van der Waals surface area contributed by atoms with Crippen LogP contribution >= 0.6 is 0 Å². The molecule has 10 aromatic rings. The fraction of sp³-hybridized carbons (Fsp3) is 0.337. The van der Waals surface area contributed by atoms with Crippen molar-refractivity contribution in [3.63, 3.8) is 0 Å². The van der Waals surface area contributed by atoms with Gasteiger partial charge in [-0.2, -0.15) is 26.3 Å². The van der Waals surface area contributed by atoms with E-state index in [4.69, 9.17) is 38.4 Å². The number of nitrogens with two attached hydrogens (primary N) is 5. The number of pyridine rings is 2. The smallest absolute Gasteiger partial charge is 0.406 e. The van der Waals surface area contributed by atoms with Gasteiger partial charge in [-0.1, -0.05) is 154 Å². The number of amides is 6. The van der Waals surface area contributed by atoms with Gasteiger partial charge in [-0.25, -0.2) is 42.5 Å². The maximum absolute atomic E-state index is 14.5. The molecule has 144 heavy (non-hydrogen) atoms. The van der Waals surface area contributed by atoms with E-state index >= 15 is 0 Å². The van der Waals surface area contributed by atoms with Gasteiger partial charge in [-0.3, -0.25) is 63.2 Å². The fourth-order valence-corrected chi connectivity index (χ4v) is 17.7. The summed E-state index contributed by atoms with van der Waals surface area (Å²) in [5, 5.41) is 2.90. The van der Waals surface area contributed by atoms with E-state index < -0.39 is 110 Å². The van der Waals surface area contributed by atoms with Gasteiger partial charge in [-0.15, -0.1) is 13.2 Å². The Morgan fingerprint density at radius 2 is 0.938 bits per heavy atom. The summed E-state index contributed by atoms with van der Waals surface area (Å²) < 4.78 is 180. The number of carbonyl (C=O) groups excluding carboxylic acids is 6. The molecule has 1 fully saturated rings. The van der Waals surface area contributed by atoms with Crippen LogP contribution in [-0.2, 0) is 80.7 Å². The summed E-state index contributed by atoms with van der Waals surface area (Å²) in [7, 11) is 5.86. The number of benzene rings is 8. The molecule has 1 saturated heterocycles. The van der Waals surface area contributed by atoms with Crippen molar-refractivity contribution in [2.45, 2.75) is 164 Å². The zero-order chi connectivity index (χ0) is 105. The van der Waals surface area contributed by atoms with Gasteiger partial charge in [0, 0.05) is 108 Å². The largest absolute Gasteiger partial charge is 0.573 e. The summed E-state index contributed by atoms with van der Waals surface area (Å²) in [6.07, 6.45) is -7.95. The highest BCUT2D eigenvalue weighted by Gasteiger charge is 2.55. The Hall–Kier alpha value is -15.1. The van der Waals surface area contributed by atoms with E-state index in [-0.39, 0.29) is 87.7 Å². The number of ether oxygens (including phenoxy) is 2. The highest BCUT2D eigenvalue weighted by atomic mass is 19.4. The third kappa shape index (κ3) is 23.8. The van der Waals surface area contributed by atoms with Gasteiger partial charge in [0.25, 0.3) is 11.8 Å². The minimum Gasteiger partial charge on any atom is -0.406 e. The first kappa shape index (κ1) is 108. The monoisotopic (exact) mass is 2000 g/mol. The second-order valence-corrected chi connectivity index (χ2v) is 36.8. The van der Waals surface area contributed by atoms with Crippen LogP contribution in [0.2, 0.25) is 0 Å². The molecule has 6 aliphatic rings. The van der Waals surface area contributed by atoms with E-state index in [0.29, 0.717) is 73.4 Å². The average Bonchev–Trinajstić information content (AvgIpc) is 1.72. The van der Waals surface area contributed by atoms with Gasteiger partial charge >= 0.3 is 18.7 Å². The number of alkyl halides is 9. The number of aliphatic imine (C=N–C) groups is 5. The molecule has 2 aromatic heterocycles. The number of hydrogen-bond donors (Lipinski definition) is 6. The van der Waals surface area contributed by atoms with Crippen molar-refractivity contribution in [1.29, 1.82) is 0 Å². The summed E-state index contributed by atoms with van der Waals surface area (Å²) in [5.41, 5.74) is 28.3. The minimum absolute atomic E-state index is 0.00259. The van der Waals surface area contributed by atoms with Crippen LogP contribution in [0.3, 0.4) is 0 Å². The zero-order valence-corrected chi connectivity index (χ0v) is 80.8. The highest BCUT2D eigenvalue weighted by molar-refractivity contribution is 6.10. The van der Waals surface area contributed by atoms with Crippen LogP contribution in [0, 0.1) is 23.3 Å². The van der Waals surface area contributed by atoms with E-state index in [9.17, 15) is 85.8 Å². The zero-order valence-electron chi connectivity index (χ0n) is 80.8. The van der Waals surface area contributed by atoms with Gasteiger partial charge in [0.05, 0.1) is 46.9 Å². The standard InChI is InChI=1S/C28H30N4O3.C23H26F3N3O2.2C18H15F5N4O.C17H24N4O/c1-2-35-18-10-17-30-25(33)22-12-9-11-21(19-22)20-32-26(34)28(31-27(32)29,23-13-5-3-6-14-23)24-15-7-4-8-16-24;1-21(2,3)15-11-9-14(10-12-15)18-19(30)29(5)20(27)28-22(18,4)16-7-6-8-17(13-16)31-23(24,25)26;2*1-17(11-5-4-10(19)7-12(11)20)14(15(28)27(2)16(24)26-17)13-6-3-9(8-25-13)18(21,22)23;1-17(12-15(22)20(2)16(18)19-17)13-7-6-8-14(11-13)21-9-4-3-5-10-21/h3-9,11-16,19H,2,10,17-18,20H2,1H3,(H2,29,31)(H,30,33);6-13,18H,1-5H3,(H2,27,28);2*3-8,14H,1-2H3,(H2,24,26);6-8,11H,3-5,9-10,12H2,1-2H3,(H2,18,19)/t;18-,22+;14-,17+;14-,17-;17-/m.0010/s1. The van der Waals surface area contributed by atoms with Gasteiger partial charge in [0.15, 0.2) is 35.3 Å². The molecule has 6 aliphatic heterocycles. The molecule has 0 unspecified atom stereocenters. The molecule has 16 rings (SSSR count). The average molecular weight is 2000 g/mol. The molecule has 27 nitrogen and oxygen atoms in total. The van der Waals surface area contributed by atoms with Crippen molar-refractivity contribution in [2.75, 3.05) is 65.9 Å². The van der Waals surface area contributed by atoms with Crippen LogP contribution in [0.4, 0.5) is 62.8 Å². The Morgan fingerprint density at radius 1 is 0.472 bits per heavy atom. The normalized spacial score (nSPS) is 21.3. The van der Waals surface area contributed by atoms with Gasteiger partial charge in [-0.05, 0) is 177 Å². The first-order valence-corrected chi connectivity index (χ1v) is 45.7. The summed E-state index contributed by atoms with van der Waals surface area (Å²) in [5.74, 6) is -9.20. The number of nitrogens with zero attached hydrogens (tertiary/aromatic N) is 13. The van der Waals surface area contributed by atoms with Crippen molar-refractivity contribution in [2.24, 2.45) is 53.6 Å². The lowest BCUT2D eigenvalue weighted by Gasteiger charge is -2.41. The molecular formula is C104H110F13N19O8. The third-order valence-electron chi connectivity index (χ3n) is 25.8. The van der Waals surface area contributed by atoms with Crippen LogP contribution < -0.4 is 43.6 Å². The second-order valence-electron chi connectivity index (χ2n) is 36.8. The first-order valence-electron chi connectivity index (χ1n) is 45.7. The topological polar surface area (TPSA) is 370 Å². The van der Waals surface area contributed by atoms with Gasteiger partial charge in [0.1, 0.15) is 57.5 Å². The van der Waals surface area contributed by atoms with E-state index in [0.717, 1.165) is 106 Å². The summed E-state index contributed by atoms with van der Waals surface area (Å²) >= 11 is 0. The SMILES string of the molecule is CCOCCCNC(=O)c1cccc(CN2C(=O)C(c3ccccc3)(c3ccccc3)N=C2N)c1.CN1C(=O)C[C@@](C)(c2cccc(N3CCCCC3)c2)N=C1N.CN1C(=O)[C@@H](c2ccc(C(F)(F)F)cn2)[C@@](C)(c2ccc(F)cc2F)N=C1N.CN1C(=O)[C@H](c2ccc(C(C)(C)C)cc2)[C@@](C)(c2cccc(OC(F)(F)F)c2)N=C1N.CN1C(=O)[C@H](c2ccc(C(F)(F)F)cn2)[C@@](C)(c2ccc(F)cc2F)N=C1N. The summed E-state index contributed by atoms with van der Waals surface area (Å²) in [4.78, 5) is 116. The predicted octanol–water partition coefficient (Wildman–Crippen LogP) is 16.5. The molecule has 11 N–H and O–H groups in total. The Labute approximate surface area is 823 Å². The second kappa shape index (κ2) is 43.4. The van der Waals surface area contributed by atoms with E-state index in [1.165, 1.54) is 92.8 Å². The van der Waals surface area contributed by atoms with Crippen LogP contribution in [0.25, 0.3) is 0 Å². The molecule has 8 aromatic carbocycles. The van der Waals surface area contributed by atoms with Crippen LogP contribution in [0.5, 0.6) is 5.75 Å². The Bertz CT molecular complexity index is 6330. The van der Waals surface area contributed by atoms with Crippen molar-refractivity contribution >= 4 is 70.9 Å². The lowest BCUT2D eigenvalue weighted by Crippen LogP contribution is -2.53. The fourth-order valence-electron chi connectivity index (χ4n) is 17.7. The Morgan fingerprint density at radius 3 is 1.40 bits per heavy atom. The van der Waals surface area contributed by atoms with Crippen molar-refractivity contribution in [3.05, 3.63) is 332 Å². The highest BCUT2D eigenvalue weighted by Crippen LogP contribution is 2.50. The summed E-state index contributed by atoms with van der Waals surface area (Å²) in [6.45, 7) is 18.9. The van der Waals surface area contributed by atoms with Gasteiger partial charge in [0.2, 0.25) is 23.6 Å². The quantitative estimate of drug-likeness (QED) is 0.0323. The van der Waals surface area contributed by atoms with E-state index in [1.807, 2.05) is 111 Å². The number of guanidine groups is 5. The van der Waals surface area contributed by atoms with Crippen LogP contribution in [0.15, 0.2) is 256 Å². The van der Waals surface area contributed by atoms with Crippen LogP contribution in [0.1, 0.15) is 188 Å². The number of carbonyl (C=O) groups is 6. The molecule has 7 atom stereocenters. The molecule has 0 aliphatic carbocycles. The minimum atomic E-state index is -4.83. The molecular weight excluding hydrogens is 1890 g/mol. The molecule has 6 amide bonds. The number of halogens is 13. The molecule has 760 valence electrons. The molecule has 0 spiro atoms. The Kier molecular flexibility index (Phi) is 32.4. The lowest BCUT2D eigenvalue weighted by molar-refractivity contribution is -0.274. The van der Waals surface area contributed by atoms with E-state index in [1.54, 1.807) is 38.2 Å². The molecule has 40 heteroatoms. The number of piperidine rings is 1. The summed E-state index contributed by atoms with van der Waals surface area (Å²) in [6, 6.07) is 56.8.